The average Bonchev–Trinajstić information content (AvgIpc) is 3.60. The zero-order valence-electron chi connectivity index (χ0n) is 23.5. The van der Waals surface area contributed by atoms with E-state index in [1.807, 2.05) is 27.0 Å². The van der Waals surface area contributed by atoms with Gasteiger partial charge in [0, 0.05) is 34.3 Å². The van der Waals surface area contributed by atoms with Crippen molar-refractivity contribution in [3.63, 3.8) is 0 Å². The van der Waals surface area contributed by atoms with Crippen LogP contribution >= 0.6 is 35.3 Å². The van der Waals surface area contributed by atoms with E-state index in [2.05, 4.69) is 22.9 Å². The fourth-order valence-corrected chi connectivity index (χ4v) is 9.50. The molecule has 1 aromatic rings. The van der Waals surface area contributed by atoms with E-state index in [0.29, 0.717) is 10.8 Å². The molecule has 3 aliphatic rings. The molecule has 0 spiro atoms. The summed E-state index contributed by atoms with van der Waals surface area (Å²) in [5.41, 5.74) is -0.243. The van der Waals surface area contributed by atoms with Gasteiger partial charge >= 0.3 is 19.8 Å². The minimum atomic E-state index is -1.28. The predicted octanol–water partition coefficient (Wildman–Crippen LogP) is 2.15. The fourth-order valence-electron chi connectivity index (χ4n) is 5.28. The number of thioether (sulfide) groups is 3. The first kappa shape index (κ1) is 32.9. The number of carboxylic acid groups (broad SMARTS) is 1. The van der Waals surface area contributed by atoms with E-state index in [-0.39, 0.29) is 48.8 Å². The molecule has 0 radical (unpaired) electrons. The molecule has 5 atom stereocenters. The molecular formula is C28H38GaN3O4S3. The van der Waals surface area contributed by atoms with Crippen LogP contribution in [-0.4, -0.2) is 94.2 Å². The van der Waals surface area contributed by atoms with Crippen molar-refractivity contribution < 1.29 is 20.1 Å². The predicted molar refractivity (Wildman–Crippen MR) is 161 cm³/mol. The van der Waals surface area contributed by atoms with Gasteiger partial charge in [-0.25, -0.2) is 0 Å². The van der Waals surface area contributed by atoms with Crippen molar-refractivity contribution >= 4 is 71.1 Å². The second-order valence-corrected chi connectivity index (χ2v) is 14.4. The van der Waals surface area contributed by atoms with Gasteiger partial charge in [0.2, 0.25) is 0 Å². The molecule has 0 amide bonds. The maximum absolute atomic E-state index is 13.8. The molecule has 0 saturated carbocycles. The van der Waals surface area contributed by atoms with Crippen molar-refractivity contribution in [3.8, 4) is 5.75 Å². The number of nitrogens with zero attached hydrogens (tertiary/aromatic N) is 3. The number of carbonyl (C=O) groups excluding carboxylic acids is 1. The van der Waals surface area contributed by atoms with Gasteiger partial charge in [0.15, 0.2) is 0 Å². The van der Waals surface area contributed by atoms with E-state index >= 15 is 0 Å². The summed E-state index contributed by atoms with van der Waals surface area (Å²) >= 11 is 4.76. The number of hydrogen-bond donors (Lipinski definition) is 0. The summed E-state index contributed by atoms with van der Waals surface area (Å²) in [5, 5.41) is 39.7. The third kappa shape index (κ3) is 6.92. The topological polar surface area (TPSA) is 114 Å². The van der Waals surface area contributed by atoms with Gasteiger partial charge in [-0.2, -0.15) is 0 Å². The van der Waals surface area contributed by atoms with Crippen LogP contribution in [0.15, 0.2) is 28.2 Å². The zero-order valence-corrected chi connectivity index (χ0v) is 28.3. The van der Waals surface area contributed by atoms with E-state index in [9.17, 15) is 20.1 Å². The Morgan fingerprint density at radius 3 is 2.64 bits per heavy atom. The summed E-state index contributed by atoms with van der Waals surface area (Å²) in [4.78, 5) is 23.2. The third-order valence-corrected chi connectivity index (χ3v) is 12.1. The van der Waals surface area contributed by atoms with Crippen molar-refractivity contribution in [2.45, 2.75) is 88.9 Å². The Morgan fingerprint density at radius 1 is 1.23 bits per heavy atom. The van der Waals surface area contributed by atoms with Crippen LogP contribution in [0.25, 0.3) is 0 Å². The van der Waals surface area contributed by atoms with Gasteiger partial charge in [-0.15, -0.1) is 35.3 Å². The smallest absolute Gasteiger partial charge is 0.872 e. The van der Waals surface area contributed by atoms with E-state index in [1.165, 1.54) is 24.6 Å². The second kappa shape index (κ2) is 13.6. The quantitative estimate of drug-likeness (QED) is 0.266. The molecule has 210 valence electrons. The summed E-state index contributed by atoms with van der Waals surface area (Å²) in [6, 6.07) is 5.31. The van der Waals surface area contributed by atoms with E-state index in [4.69, 9.17) is 4.99 Å². The van der Waals surface area contributed by atoms with Crippen molar-refractivity contribution in [2.24, 2.45) is 15.4 Å². The summed E-state index contributed by atoms with van der Waals surface area (Å²) in [6.07, 6.45) is 4.53. The Balaban J connectivity index is 0.00000420. The number of aliphatic carboxylic acids is 1. The number of aryl methyl sites for hydroxylation is 1. The van der Waals surface area contributed by atoms with Gasteiger partial charge in [0.25, 0.3) is 0 Å². The molecule has 11 heteroatoms. The number of hydrogen-bond acceptors (Lipinski definition) is 10. The summed E-state index contributed by atoms with van der Waals surface area (Å²) < 4.78 is 0. The summed E-state index contributed by atoms with van der Waals surface area (Å²) in [6.45, 7) is 7.49. The third-order valence-electron chi connectivity index (χ3n) is 7.88. The number of benzene rings is 1. The summed E-state index contributed by atoms with van der Waals surface area (Å²) in [7, 11) is 1.99. The first-order valence-corrected chi connectivity index (χ1v) is 16.5. The Bertz CT molecular complexity index is 1100. The monoisotopic (exact) mass is 645 g/mol. The molecular weight excluding hydrogens is 608 g/mol. The number of aliphatic imine (C=N–C) groups is 2. The SMILES string of the molecule is CCCCCCc1cccc([O-])c1C1=N[C@@H]([C@H]2SC[C@@H]([C@@H]([O-])C(C)(C)C3=N[C@@](C)(C(=O)[O-])CS3)N2C)CS1.[Ga+3]. The van der Waals surface area contributed by atoms with Crippen molar-refractivity contribution in [2.75, 3.05) is 24.3 Å². The molecule has 0 aromatic heterocycles. The van der Waals surface area contributed by atoms with E-state index in [0.717, 1.165) is 41.2 Å². The van der Waals surface area contributed by atoms with Gasteiger partial charge in [0.1, 0.15) is 5.54 Å². The van der Waals surface area contributed by atoms with Gasteiger partial charge in [-0.05, 0) is 32.4 Å². The standard InChI is InChI=1S/C28H40N3O4S3.Ga/c1-6-7-8-9-11-17-12-10-13-20(32)21(17)23-29-18(14-36-23)24-31(5)19(15-37-24)22(33)27(2,3)25-30-28(4,16-38-25)26(34)35;/h10,12-13,18-19,22,24,32H,6-9,11,14-16H2,1-5H3,(H,34,35);/q-1;+3/p-2/t18-,19+,22-,24-,28-;/m1./s1. The fraction of sp³-hybridized carbons (Fsp3) is 0.679. The Kier molecular flexibility index (Phi) is 11.5. The number of rotatable bonds is 11. The molecule has 1 aromatic carbocycles. The van der Waals surface area contributed by atoms with Crippen LogP contribution in [-0.2, 0) is 11.2 Å². The number of carboxylic acids is 1. The normalized spacial score (nSPS) is 28.2. The van der Waals surface area contributed by atoms with Crippen LogP contribution in [0.3, 0.4) is 0 Å². The first-order chi connectivity index (χ1) is 18.0. The van der Waals surface area contributed by atoms with Crippen LogP contribution in [0.2, 0.25) is 0 Å². The van der Waals surface area contributed by atoms with Crippen LogP contribution in [0.1, 0.15) is 64.5 Å². The van der Waals surface area contributed by atoms with E-state index < -0.39 is 23.0 Å². The zero-order chi connectivity index (χ0) is 27.7. The number of carbonyl (C=O) groups is 1. The minimum Gasteiger partial charge on any atom is -0.872 e. The molecule has 3 aliphatic heterocycles. The minimum absolute atomic E-state index is 0. The first-order valence-electron chi connectivity index (χ1n) is 13.4. The average molecular weight is 647 g/mol. The largest absolute Gasteiger partial charge is 3.00 e. The van der Waals surface area contributed by atoms with Crippen LogP contribution in [0.5, 0.6) is 5.75 Å². The van der Waals surface area contributed by atoms with Gasteiger partial charge in [0.05, 0.1) is 27.5 Å². The number of likely N-dealkylation sites (N-methyl/N-ethyl adjacent to an activating group) is 1. The van der Waals surface area contributed by atoms with Crippen molar-refractivity contribution in [1.82, 2.24) is 4.90 Å². The van der Waals surface area contributed by atoms with Crippen LogP contribution in [0, 0.1) is 5.41 Å². The molecule has 0 aliphatic carbocycles. The molecule has 7 nitrogen and oxygen atoms in total. The maximum Gasteiger partial charge on any atom is 3.00 e. The van der Waals surface area contributed by atoms with Gasteiger partial charge in [-0.3, -0.25) is 14.9 Å². The second-order valence-electron chi connectivity index (χ2n) is 11.3. The van der Waals surface area contributed by atoms with Crippen molar-refractivity contribution in [3.05, 3.63) is 29.3 Å². The maximum atomic E-state index is 13.8. The molecule has 1 fully saturated rings. The van der Waals surface area contributed by atoms with Gasteiger partial charge in [-0.1, -0.05) is 70.1 Å². The Labute approximate surface area is 258 Å². The number of unbranched alkanes of at least 4 members (excludes halogenated alkanes) is 3. The molecule has 4 rings (SSSR count). The van der Waals surface area contributed by atoms with Crippen molar-refractivity contribution in [1.29, 1.82) is 0 Å². The van der Waals surface area contributed by atoms with Crippen LogP contribution in [0.4, 0.5) is 0 Å². The Hall–Kier alpha value is -0.564. The van der Waals surface area contributed by atoms with Gasteiger partial charge < -0.3 is 20.1 Å². The van der Waals surface area contributed by atoms with E-state index in [1.54, 1.807) is 36.5 Å². The molecule has 0 unspecified atom stereocenters. The molecule has 0 N–H and O–H groups in total. The molecule has 1 saturated heterocycles. The summed E-state index contributed by atoms with van der Waals surface area (Å²) in [5.74, 6) is 0.587. The Morgan fingerprint density at radius 2 is 1.97 bits per heavy atom. The molecule has 39 heavy (non-hydrogen) atoms. The molecule has 0 bridgehead atoms. The van der Waals surface area contributed by atoms with Crippen LogP contribution < -0.4 is 15.3 Å². The molecule has 3 heterocycles.